The molecule has 1 aromatic carbocycles. The topological polar surface area (TPSA) is 52.6 Å². The van der Waals surface area contributed by atoms with Crippen molar-refractivity contribution in [1.29, 1.82) is 0 Å². The molecule has 5 heteroatoms. The van der Waals surface area contributed by atoms with Crippen LogP contribution in [0.25, 0.3) is 0 Å². The molecule has 0 spiro atoms. The van der Waals surface area contributed by atoms with E-state index in [9.17, 15) is 9.90 Å². The van der Waals surface area contributed by atoms with Crippen molar-refractivity contribution in [3.05, 3.63) is 28.8 Å². The molecule has 4 nitrogen and oxygen atoms in total. The number of hydrogen-bond donors (Lipinski definition) is 2. The smallest absolute Gasteiger partial charge is 0.221 e. The Morgan fingerprint density at radius 1 is 1.44 bits per heavy atom. The van der Waals surface area contributed by atoms with Gasteiger partial charge in [-0.05, 0) is 24.6 Å². The molecule has 98 valence electrons. The minimum Gasteiger partial charge on any atom is -0.389 e. The van der Waals surface area contributed by atoms with E-state index in [2.05, 4.69) is 10.2 Å². The molecule has 1 saturated heterocycles. The van der Waals surface area contributed by atoms with Crippen LogP contribution in [-0.2, 0) is 4.79 Å². The van der Waals surface area contributed by atoms with Crippen molar-refractivity contribution in [2.24, 2.45) is 0 Å². The fourth-order valence-corrected chi connectivity index (χ4v) is 2.41. The van der Waals surface area contributed by atoms with Crippen molar-refractivity contribution in [2.75, 3.05) is 24.5 Å². The molecule has 0 saturated carbocycles. The number of nitrogens with one attached hydrogen (secondary N) is 1. The van der Waals surface area contributed by atoms with Gasteiger partial charge in [-0.1, -0.05) is 17.7 Å². The molecule has 1 unspecified atom stereocenters. The van der Waals surface area contributed by atoms with Crippen LogP contribution in [-0.4, -0.2) is 30.6 Å². The molecule has 0 aromatic heterocycles. The summed E-state index contributed by atoms with van der Waals surface area (Å²) in [5.41, 5.74) is 1.71. The van der Waals surface area contributed by atoms with Gasteiger partial charge in [0, 0.05) is 36.8 Å². The molecule has 0 aliphatic carbocycles. The number of anilines is 1. The van der Waals surface area contributed by atoms with Crippen molar-refractivity contribution in [3.63, 3.8) is 0 Å². The summed E-state index contributed by atoms with van der Waals surface area (Å²) in [4.78, 5) is 13.4. The summed E-state index contributed by atoms with van der Waals surface area (Å²) in [6, 6.07) is 5.62. The molecular formula is C13H17ClN2O2. The highest BCUT2D eigenvalue weighted by Crippen LogP contribution is 2.28. The summed E-state index contributed by atoms with van der Waals surface area (Å²) < 4.78 is 0. The lowest BCUT2D eigenvalue weighted by atomic mass is 10.1. The number of aliphatic hydroxyl groups excluding tert-OH is 1. The largest absolute Gasteiger partial charge is 0.389 e. The maximum atomic E-state index is 11.3. The number of nitrogens with zero attached hydrogens (tertiary/aromatic N) is 1. The van der Waals surface area contributed by atoms with E-state index in [-0.39, 0.29) is 5.91 Å². The molecule has 1 aliphatic rings. The van der Waals surface area contributed by atoms with Gasteiger partial charge in [0.1, 0.15) is 0 Å². The van der Waals surface area contributed by atoms with Crippen molar-refractivity contribution < 1.29 is 9.90 Å². The van der Waals surface area contributed by atoms with Gasteiger partial charge < -0.3 is 15.3 Å². The number of amides is 1. The van der Waals surface area contributed by atoms with Gasteiger partial charge in [-0.3, -0.25) is 4.79 Å². The molecule has 1 aliphatic heterocycles. The van der Waals surface area contributed by atoms with Crippen molar-refractivity contribution in [2.45, 2.75) is 19.4 Å². The second-order valence-corrected chi connectivity index (χ2v) is 4.88. The second-order valence-electron chi connectivity index (χ2n) is 4.47. The molecule has 1 heterocycles. The molecule has 1 atom stereocenters. The molecule has 2 rings (SSSR count). The van der Waals surface area contributed by atoms with Gasteiger partial charge in [-0.25, -0.2) is 0 Å². The summed E-state index contributed by atoms with van der Waals surface area (Å²) in [7, 11) is 0. The van der Waals surface area contributed by atoms with Crippen LogP contribution < -0.4 is 10.2 Å². The van der Waals surface area contributed by atoms with Crippen LogP contribution in [0, 0.1) is 0 Å². The third-order valence-corrected chi connectivity index (χ3v) is 3.44. The van der Waals surface area contributed by atoms with Crippen LogP contribution >= 0.6 is 11.6 Å². The normalized spacial score (nSPS) is 18.2. The highest BCUT2D eigenvalue weighted by atomic mass is 35.5. The Morgan fingerprint density at radius 3 is 2.89 bits per heavy atom. The van der Waals surface area contributed by atoms with Gasteiger partial charge >= 0.3 is 0 Å². The van der Waals surface area contributed by atoms with Crippen LogP contribution in [0.15, 0.2) is 18.2 Å². The zero-order chi connectivity index (χ0) is 13.1. The summed E-state index contributed by atoms with van der Waals surface area (Å²) in [5, 5.41) is 12.9. The summed E-state index contributed by atoms with van der Waals surface area (Å²) in [6.45, 7) is 3.80. The Hall–Kier alpha value is -1.26. The van der Waals surface area contributed by atoms with E-state index in [1.807, 2.05) is 18.2 Å². The molecule has 2 N–H and O–H groups in total. The highest BCUT2D eigenvalue weighted by Gasteiger charge is 2.15. The number of halogens is 1. The third kappa shape index (κ3) is 2.94. The lowest BCUT2D eigenvalue weighted by Gasteiger charge is -2.23. The van der Waals surface area contributed by atoms with E-state index in [0.29, 0.717) is 24.5 Å². The Labute approximate surface area is 112 Å². The first kappa shape index (κ1) is 13.2. The summed E-state index contributed by atoms with van der Waals surface area (Å²) in [6.07, 6.45) is -0.0746. The average molecular weight is 269 g/mol. The highest BCUT2D eigenvalue weighted by molar-refractivity contribution is 6.31. The van der Waals surface area contributed by atoms with E-state index in [1.165, 1.54) is 0 Å². The monoisotopic (exact) mass is 268 g/mol. The van der Waals surface area contributed by atoms with Crippen LogP contribution in [0.3, 0.4) is 0 Å². The SMILES string of the molecule is CC(O)c1ccc(N2CCNC(=O)CC2)cc1Cl. The van der Waals surface area contributed by atoms with Gasteiger partial charge in [-0.15, -0.1) is 0 Å². The first-order chi connectivity index (χ1) is 8.58. The van der Waals surface area contributed by atoms with E-state index in [1.54, 1.807) is 6.92 Å². The lowest BCUT2D eigenvalue weighted by Crippen LogP contribution is -2.28. The van der Waals surface area contributed by atoms with Crippen molar-refractivity contribution >= 4 is 23.2 Å². The standard InChI is InChI=1S/C13H17ClN2O2/c1-9(17)11-3-2-10(8-12(11)14)16-6-4-13(18)15-5-7-16/h2-3,8-9,17H,4-7H2,1H3,(H,15,18). The van der Waals surface area contributed by atoms with Gasteiger partial charge in [-0.2, -0.15) is 0 Å². The van der Waals surface area contributed by atoms with E-state index in [4.69, 9.17) is 11.6 Å². The van der Waals surface area contributed by atoms with E-state index >= 15 is 0 Å². The maximum absolute atomic E-state index is 11.3. The Balaban J connectivity index is 2.18. The van der Waals surface area contributed by atoms with Crippen LogP contribution in [0.1, 0.15) is 25.0 Å². The Morgan fingerprint density at radius 2 is 2.22 bits per heavy atom. The number of hydrogen-bond acceptors (Lipinski definition) is 3. The molecule has 0 radical (unpaired) electrons. The zero-order valence-corrected chi connectivity index (χ0v) is 11.1. The lowest BCUT2D eigenvalue weighted by molar-refractivity contribution is -0.120. The molecule has 1 aromatic rings. The predicted molar refractivity (Wildman–Crippen MR) is 71.9 cm³/mol. The van der Waals surface area contributed by atoms with E-state index < -0.39 is 6.10 Å². The molecule has 1 fully saturated rings. The predicted octanol–water partition coefficient (Wildman–Crippen LogP) is 1.72. The van der Waals surface area contributed by atoms with E-state index in [0.717, 1.165) is 17.8 Å². The number of carbonyl (C=O) groups is 1. The van der Waals surface area contributed by atoms with Gasteiger partial charge in [0.25, 0.3) is 0 Å². The van der Waals surface area contributed by atoms with Crippen LogP contribution in [0.2, 0.25) is 5.02 Å². The average Bonchev–Trinajstić information content (AvgIpc) is 2.53. The number of carbonyl (C=O) groups excluding carboxylic acids is 1. The maximum Gasteiger partial charge on any atom is 0.221 e. The first-order valence-corrected chi connectivity index (χ1v) is 6.45. The van der Waals surface area contributed by atoms with Gasteiger partial charge in [0.15, 0.2) is 0 Å². The van der Waals surface area contributed by atoms with Crippen LogP contribution in [0.4, 0.5) is 5.69 Å². The van der Waals surface area contributed by atoms with Crippen molar-refractivity contribution in [1.82, 2.24) is 5.32 Å². The quantitative estimate of drug-likeness (QED) is 0.859. The van der Waals surface area contributed by atoms with Crippen LogP contribution in [0.5, 0.6) is 0 Å². The van der Waals surface area contributed by atoms with Crippen molar-refractivity contribution in [3.8, 4) is 0 Å². The summed E-state index contributed by atoms with van der Waals surface area (Å²) >= 11 is 6.14. The zero-order valence-electron chi connectivity index (χ0n) is 10.3. The first-order valence-electron chi connectivity index (χ1n) is 6.07. The molecule has 1 amide bonds. The molecule has 18 heavy (non-hydrogen) atoms. The Kier molecular flexibility index (Phi) is 4.09. The fraction of sp³-hybridized carbons (Fsp3) is 0.462. The van der Waals surface area contributed by atoms with Gasteiger partial charge in [0.05, 0.1) is 6.10 Å². The number of aliphatic hydroxyl groups is 1. The minimum absolute atomic E-state index is 0.0872. The fourth-order valence-electron chi connectivity index (χ4n) is 2.08. The number of rotatable bonds is 2. The third-order valence-electron chi connectivity index (χ3n) is 3.11. The summed E-state index contributed by atoms with van der Waals surface area (Å²) in [5.74, 6) is 0.0872. The molecule has 0 bridgehead atoms. The van der Waals surface area contributed by atoms with Gasteiger partial charge in [0.2, 0.25) is 5.91 Å². The Bertz CT molecular complexity index is 449. The minimum atomic E-state index is -0.570. The number of benzene rings is 1. The molecular weight excluding hydrogens is 252 g/mol. The second kappa shape index (κ2) is 5.59.